The van der Waals surface area contributed by atoms with Crippen LogP contribution in [0.15, 0.2) is 144 Å². The number of rotatable bonds is 4. The molecular formula is C39H23N3OS. The molecule has 0 atom stereocenters. The average Bonchev–Trinajstić information content (AvgIpc) is 3.76. The molecular weight excluding hydrogens is 559 g/mol. The van der Waals surface area contributed by atoms with E-state index in [0.29, 0.717) is 16.7 Å². The molecule has 44 heavy (non-hydrogen) atoms. The van der Waals surface area contributed by atoms with Gasteiger partial charge in [-0.1, -0.05) is 115 Å². The van der Waals surface area contributed by atoms with E-state index >= 15 is 0 Å². The zero-order valence-corrected chi connectivity index (χ0v) is 23.5. The standard InChI is InChI=1S/C39H23N3OS/c1-3-11-24(12-4-1)37-40-38(25-13-5-2-6-14-25)42-39(41-37)32-19-10-17-30-28-22-21-26(23-33(28)43-35(30)32)27-16-9-18-31-29-15-7-8-20-34(29)44-36(27)31/h1-23H/i1D,2D,3D,4D,5D,6D,11D,12D,13D,14D. The molecule has 6 aromatic carbocycles. The lowest BCUT2D eigenvalue weighted by atomic mass is 10.0. The van der Waals surface area contributed by atoms with E-state index in [-0.39, 0.29) is 28.6 Å². The van der Waals surface area contributed by atoms with Crippen LogP contribution in [-0.2, 0) is 0 Å². The Morgan fingerprint density at radius 2 is 1.16 bits per heavy atom. The number of furan rings is 1. The molecule has 0 aliphatic heterocycles. The second-order valence-electron chi connectivity index (χ2n) is 10.1. The molecule has 0 aliphatic carbocycles. The van der Waals surface area contributed by atoms with Gasteiger partial charge in [0, 0.05) is 42.1 Å². The van der Waals surface area contributed by atoms with Gasteiger partial charge in [0.2, 0.25) is 0 Å². The minimum absolute atomic E-state index is 0.0615. The molecule has 0 spiro atoms. The molecule has 5 heteroatoms. The van der Waals surface area contributed by atoms with Crippen molar-refractivity contribution in [1.82, 2.24) is 15.0 Å². The van der Waals surface area contributed by atoms with Gasteiger partial charge in [-0.05, 0) is 35.4 Å². The van der Waals surface area contributed by atoms with Crippen molar-refractivity contribution in [3.05, 3.63) is 139 Å². The first-order valence-corrected chi connectivity index (χ1v) is 14.5. The Hall–Kier alpha value is -5.65. The SMILES string of the molecule is [2H]c1c([2H])c([2H])c(-c2nc(-c3c([2H])c([2H])c([2H])c([2H])c3[2H])nc(-c3cccc4c3oc3cc(-c5cccc6c5sc5ccccc56)ccc34)n2)c([2H])c1[2H]. The van der Waals surface area contributed by atoms with Crippen LogP contribution >= 0.6 is 11.3 Å². The highest BCUT2D eigenvalue weighted by Gasteiger charge is 2.18. The number of nitrogens with zero attached hydrogens (tertiary/aromatic N) is 3. The first-order chi connectivity index (χ1) is 25.9. The number of para-hydroxylation sites is 1. The molecule has 0 radical (unpaired) electrons. The molecule has 4 nitrogen and oxygen atoms in total. The smallest absolute Gasteiger partial charge is 0.167 e. The van der Waals surface area contributed by atoms with Gasteiger partial charge in [0.05, 0.1) is 19.3 Å². The van der Waals surface area contributed by atoms with E-state index in [1.807, 2.05) is 42.5 Å². The number of aromatic nitrogens is 3. The minimum Gasteiger partial charge on any atom is -0.455 e. The topological polar surface area (TPSA) is 51.8 Å². The average molecular weight is 592 g/mol. The first kappa shape index (κ1) is 16.8. The van der Waals surface area contributed by atoms with Crippen LogP contribution in [0.1, 0.15) is 13.7 Å². The molecule has 206 valence electrons. The van der Waals surface area contributed by atoms with E-state index in [0.717, 1.165) is 26.6 Å². The number of hydrogen-bond donors (Lipinski definition) is 0. The lowest BCUT2D eigenvalue weighted by Crippen LogP contribution is -2.00. The fourth-order valence-corrected chi connectivity index (χ4v) is 6.80. The summed E-state index contributed by atoms with van der Waals surface area (Å²) in [6.07, 6.45) is 0. The van der Waals surface area contributed by atoms with Crippen LogP contribution in [-0.4, -0.2) is 15.0 Å². The van der Waals surface area contributed by atoms with Crippen LogP contribution in [0.5, 0.6) is 0 Å². The number of thiophene rings is 1. The normalized spacial score (nSPS) is 14.8. The highest BCUT2D eigenvalue weighted by molar-refractivity contribution is 7.26. The Labute approximate surface area is 271 Å². The Morgan fingerprint density at radius 1 is 0.523 bits per heavy atom. The van der Waals surface area contributed by atoms with Crippen molar-refractivity contribution in [3.8, 4) is 45.3 Å². The molecule has 9 rings (SSSR count). The van der Waals surface area contributed by atoms with E-state index in [1.165, 1.54) is 15.5 Å². The summed E-state index contributed by atoms with van der Waals surface area (Å²) in [5.41, 5.74) is 2.65. The van der Waals surface area contributed by atoms with Gasteiger partial charge < -0.3 is 4.42 Å². The molecule has 3 aromatic heterocycles. The number of hydrogen-bond acceptors (Lipinski definition) is 5. The minimum atomic E-state index is -0.612. The first-order valence-electron chi connectivity index (χ1n) is 18.7. The van der Waals surface area contributed by atoms with Crippen LogP contribution in [0.3, 0.4) is 0 Å². The zero-order chi connectivity index (χ0) is 37.7. The lowest BCUT2D eigenvalue weighted by Gasteiger charge is -2.08. The molecule has 0 fully saturated rings. The molecule has 3 heterocycles. The Kier molecular flexibility index (Phi) is 3.82. The molecule has 0 N–H and O–H groups in total. The van der Waals surface area contributed by atoms with Crippen molar-refractivity contribution >= 4 is 53.4 Å². The van der Waals surface area contributed by atoms with Crippen molar-refractivity contribution < 1.29 is 18.1 Å². The molecule has 0 amide bonds. The lowest BCUT2D eigenvalue weighted by molar-refractivity contribution is 0.669. The van der Waals surface area contributed by atoms with Gasteiger partial charge >= 0.3 is 0 Å². The maximum absolute atomic E-state index is 8.63. The third kappa shape index (κ3) is 4.02. The van der Waals surface area contributed by atoms with Gasteiger partial charge in [0.15, 0.2) is 17.5 Å². The zero-order valence-electron chi connectivity index (χ0n) is 32.7. The van der Waals surface area contributed by atoms with Crippen molar-refractivity contribution in [1.29, 1.82) is 0 Å². The Bertz CT molecular complexity index is 2940. The second kappa shape index (κ2) is 9.97. The maximum atomic E-state index is 8.63. The van der Waals surface area contributed by atoms with Crippen molar-refractivity contribution in [3.63, 3.8) is 0 Å². The third-order valence-electron chi connectivity index (χ3n) is 7.54. The van der Waals surface area contributed by atoms with Gasteiger partial charge in [-0.15, -0.1) is 11.3 Å². The molecule has 0 bridgehead atoms. The van der Waals surface area contributed by atoms with Crippen LogP contribution in [0.2, 0.25) is 0 Å². The highest BCUT2D eigenvalue weighted by Crippen LogP contribution is 2.42. The van der Waals surface area contributed by atoms with Crippen LogP contribution < -0.4 is 0 Å². The van der Waals surface area contributed by atoms with Crippen LogP contribution in [0.25, 0.3) is 87.4 Å². The van der Waals surface area contributed by atoms with Crippen molar-refractivity contribution in [2.24, 2.45) is 0 Å². The summed E-state index contributed by atoms with van der Waals surface area (Å²) in [5.74, 6) is -0.746. The summed E-state index contributed by atoms with van der Waals surface area (Å²) in [5, 5.41) is 3.89. The predicted molar refractivity (Wildman–Crippen MR) is 182 cm³/mol. The maximum Gasteiger partial charge on any atom is 0.167 e. The Morgan fingerprint density at radius 3 is 1.91 bits per heavy atom. The van der Waals surface area contributed by atoms with E-state index in [4.69, 9.17) is 18.1 Å². The van der Waals surface area contributed by atoms with Crippen LogP contribution in [0, 0.1) is 0 Å². The van der Waals surface area contributed by atoms with Gasteiger partial charge in [-0.3, -0.25) is 0 Å². The fourth-order valence-electron chi connectivity index (χ4n) is 5.56. The van der Waals surface area contributed by atoms with E-state index in [2.05, 4.69) is 39.2 Å². The Balaban J connectivity index is 1.29. The predicted octanol–water partition coefficient (Wildman–Crippen LogP) is 10.8. The highest BCUT2D eigenvalue weighted by atomic mass is 32.1. The molecule has 0 unspecified atom stereocenters. The fraction of sp³-hybridized carbons (Fsp3) is 0. The largest absolute Gasteiger partial charge is 0.455 e. The summed E-state index contributed by atoms with van der Waals surface area (Å²) in [7, 11) is 0. The van der Waals surface area contributed by atoms with E-state index < -0.39 is 60.4 Å². The summed E-state index contributed by atoms with van der Waals surface area (Å²) in [6.45, 7) is 0. The van der Waals surface area contributed by atoms with Gasteiger partial charge in [-0.2, -0.15) is 0 Å². The van der Waals surface area contributed by atoms with Gasteiger partial charge in [0.25, 0.3) is 0 Å². The third-order valence-corrected chi connectivity index (χ3v) is 8.76. The molecule has 0 saturated carbocycles. The van der Waals surface area contributed by atoms with E-state index in [9.17, 15) is 0 Å². The summed E-state index contributed by atoms with van der Waals surface area (Å²) >= 11 is 1.73. The molecule has 9 aromatic rings. The van der Waals surface area contributed by atoms with Crippen molar-refractivity contribution in [2.45, 2.75) is 0 Å². The molecule has 0 aliphatic rings. The number of fused-ring (bicyclic) bond motifs is 6. The quantitative estimate of drug-likeness (QED) is 0.204. The number of benzene rings is 6. The summed E-state index contributed by atoms with van der Waals surface area (Å²) in [4.78, 5) is 13.6. The summed E-state index contributed by atoms with van der Waals surface area (Å²) < 4.78 is 92.7. The van der Waals surface area contributed by atoms with E-state index in [1.54, 1.807) is 23.5 Å². The van der Waals surface area contributed by atoms with Gasteiger partial charge in [-0.25, -0.2) is 15.0 Å². The van der Waals surface area contributed by atoms with Crippen LogP contribution in [0.4, 0.5) is 0 Å². The molecule has 0 saturated heterocycles. The van der Waals surface area contributed by atoms with Gasteiger partial charge in [0.1, 0.15) is 11.2 Å². The monoisotopic (exact) mass is 591 g/mol. The second-order valence-corrected chi connectivity index (χ2v) is 11.1. The summed E-state index contributed by atoms with van der Waals surface area (Å²) in [6, 6.07) is 19.9. The van der Waals surface area contributed by atoms with Crippen molar-refractivity contribution in [2.75, 3.05) is 0 Å².